The molecular weight excluding hydrogens is 373 g/mol. The van der Waals surface area contributed by atoms with E-state index in [1.54, 1.807) is 11.3 Å². The number of rotatable bonds is 5. The van der Waals surface area contributed by atoms with Gasteiger partial charge >= 0.3 is 0 Å². The zero-order chi connectivity index (χ0) is 17.2. The van der Waals surface area contributed by atoms with Crippen molar-refractivity contribution in [1.29, 1.82) is 0 Å². The largest absolute Gasteiger partial charge is 0.381 e. The average molecular weight is 390 g/mol. The molecule has 3 rings (SSSR count). The highest BCUT2D eigenvalue weighted by Crippen LogP contribution is 2.37. The SMILES string of the molecule is O=S(=O)(NCC1(c2cccs2)CCOCC1)c1ccc(F)c(Cl)c1. The van der Waals surface area contributed by atoms with E-state index in [9.17, 15) is 12.8 Å². The molecule has 130 valence electrons. The predicted molar refractivity (Wildman–Crippen MR) is 92.6 cm³/mol. The van der Waals surface area contributed by atoms with E-state index in [1.165, 1.54) is 6.07 Å². The number of ether oxygens (including phenoxy) is 1. The van der Waals surface area contributed by atoms with E-state index in [0.29, 0.717) is 13.2 Å². The third-order valence-corrected chi connectivity index (χ3v) is 7.10. The van der Waals surface area contributed by atoms with Crippen molar-refractivity contribution in [2.45, 2.75) is 23.2 Å². The molecule has 0 unspecified atom stereocenters. The highest BCUT2D eigenvalue weighted by Gasteiger charge is 2.36. The predicted octanol–water partition coefficient (Wildman–Crippen LogP) is 3.57. The highest BCUT2D eigenvalue weighted by molar-refractivity contribution is 7.89. The summed E-state index contributed by atoms with van der Waals surface area (Å²) in [5, 5.41) is 1.78. The maximum absolute atomic E-state index is 13.3. The summed E-state index contributed by atoms with van der Waals surface area (Å²) < 4.78 is 46.4. The van der Waals surface area contributed by atoms with Crippen LogP contribution in [-0.4, -0.2) is 28.2 Å². The number of nitrogens with one attached hydrogen (secondary N) is 1. The van der Waals surface area contributed by atoms with E-state index in [-0.39, 0.29) is 21.9 Å². The standard InChI is InChI=1S/C16H17ClFNO3S2/c17-13-10-12(3-4-14(13)18)24(20,21)19-11-16(5-7-22-8-6-16)15-2-1-9-23-15/h1-4,9-10,19H,5-8,11H2. The van der Waals surface area contributed by atoms with Crippen LogP contribution in [-0.2, 0) is 20.2 Å². The van der Waals surface area contributed by atoms with Crippen LogP contribution in [0.2, 0.25) is 5.02 Å². The molecule has 0 radical (unpaired) electrons. The van der Waals surface area contributed by atoms with Gasteiger partial charge in [0.2, 0.25) is 10.0 Å². The third kappa shape index (κ3) is 3.65. The lowest BCUT2D eigenvalue weighted by Gasteiger charge is -2.36. The summed E-state index contributed by atoms with van der Waals surface area (Å²) in [6, 6.07) is 7.39. The van der Waals surface area contributed by atoms with E-state index >= 15 is 0 Å². The number of hydrogen-bond donors (Lipinski definition) is 1. The molecule has 0 bridgehead atoms. The van der Waals surface area contributed by atoms with Gasteiger partial charge in [-0.2, -0.15) is 0 Å². The minimum Gasteiger partial charge on any atom is -0.381 e. The molecule has 4 nitrogen and oxygen atoms in total. The van der Waals surface area contributed by atoms with Crippen LogP contribution in [0.3, 0.4) is 0 Å². The topological polar surface area (TPSA) is 55.4 Å². The number of sulfonamides is 1. The quantitative estimate of drug-likeness (QED) is 0.850. The van der Waals surface area contributed by atoms with Crippen molar-refractivity contribution < 1.29 is 17.5 Å². The van der Waals surface area contributed by atoms with Crippen LogP contribution in [0.4, 0.5) is 4.39 Å². The van der Waals surface area contributed by atoms with Crippen LogP contribution in [0.25, 0.3) is 0 Å². The summed E-state index contributed by atoms with van der Waals surface area (Å²) in [6.45, 7) is 1.47. The average Bonchev–Trinajstić information content (AvgIpc) is 3.12. The van der Waals surface area contributed by atoms with Crippen LogP contribution >= 0.6 is 22.9 Å². The molecule has 1 aromatic carbocycles. The molecule has 0 saturated carbocycles. The molecule has 2 aromatic rings. The maximum Gasteiger partial charge on any atom is 0.240 e. The van der Waals surface area contributed by atoms with Gasteiger partial charge in [0.15, 0.2) is 0 Å². The second-order valence-corrected chi connectivity index (χ2v) is 8.89. The Morgan fingerprint density at radius 2 is 2.04 bits per heavy atom. The van der Waals surface area contributed by atoms with Gasteiger partial charge in [-0.25, -0.2) is 17.5 Å². The molecule has 2 heterocycles. The van der Waals surface area contributed by atoms with E-state index < -0.39 is 15.8 Å². The fourth-order valence-electron chi connectivity index (χ4n) is 2.81. The first-order valence-electron chi connectivity index (χ1n) is 7.49. The maximum atomic E-state index is 13.3. The van der Waals surface area contributed by atoms with Gasteiger partial charge in [-0.1, -0.05) is 17.7 Å². The summed E-state index contributed by atoms with van der Waals surface area (Å²) in [4.78, 5) is 1.10. The molecule has 1 N–H and O–H groups in total. The summed E-state index contributed by atoms with van der Waals surface area (Å²) in [6.07, 6.45) is 1.50. The zero-order valence-corrected chi connectivity index (χ0v) is 15.2. The van der Waals surface area contributed by atoms with Crippen molar-refractivity contribution in [2.75, 3.05) is 19.8 Å². The number of hydrogen-bond acceptors (Lipinski definition) is 4. The Hall–Kier alpha value is -0.990. The van der Waals surface area contributed by atoms with Crippen LogP contribution in [0.5, 0.6) is 0 Å². The summed E-state index contributed by atoms with van der Waals surface area (Å²) in [5.41, 5.74) is -0.274. The summed E-state index contributed by atoms with van der Waals surface area (Å²) >= 11 is 7.31. The molecule has 0 atom stereocenters. The smallest absolute Gasteiger partial charge is 0.240 e. The first-order chi connectivity index (χ1) is 11.4. The molecule has 8 heteroatoms. The fourth-order valence-corrected chi connectivity index (χ4v) is 5.20. The van der Waals surface area contributed by atoms with E-state index in [1.807, 2.05) is 17.5 Å². The van der Waals surface area contributed by atoms with Gasteiger partial charge in [0.25, 0.3) is 0 Å². The monoisotopic (exact) mass is 389 g/mol. The molecule has 1 aliphatic heterocycles. The summed E-state index contributed by atoms with van der Waals surface area (Å²) in [7, 11) is -3.77. The highest BCUT2D eigenvalue weighted by atomic mass is 35.5. The molecule has 1 saturated heterocycles. The van der Waals surface area contributed by atoms with Crippen LogP contribution in [0.15, 0.2) is 40.6 Å². The molecule has 1 fully saturated rings. The Morgan fingerprint density at radius 1 is 1.29 bits per heavy atom. The van der Waals surface area contributed by atoms with E-state index in [2.05, 4.69) is 4.72 Å². The molecule has 0 aliphatic carbocycles. The lowest BCUT2D eigenvalue weighted by Crippen LogP contribution is -2.44. The molecule has 0 amide bonds. The first kappa shape index (κ1) is 17.8. The Morgan fingerprint density at radius 3 is 2.67 bits per heavy atom. The van der Waals surface area contributed by atoms with Gasteiger partial charge in [-0.3, -0.25) is 0 Å². The lowest BCUT2D eigenvalue weighted by molar-refractivity contribution is 0.0529. The molecule has 0 spiro atoms. The van der Waals surface area contributed by atoms with Gasteiger partial charge in [-0.15, -0.1) is 11.3 Å². The lowest BCUT2D eigenvalue weighted by atomic mass is 9.79. The molecular formula is C16H17ClFNO3S2. The molecule has 1 aliphatic rings. The second kappa shape index (κ2) is 7.09. The normalized spacial score (nSPS) is 17.8. The number of benzene rings is 1. The van der Waals surface area contributed by atoms with Crippen molar-refractivity contribution in [2.24, 2.45) is 0 Å². The van der Waals surface area contributed by atoms with Gasteiger partial charge in [0.05, 0.1) is 9.92 Å². The number of halogens is 2. The van der Waals surface area contributed by atoms with Crippen molar-refractivity contribution in [3.63, 3.8) is 0 Å². The Labute approximate surface area is 149 Å². The van der Waals surface area contributed by atoms with Gasteiger partial charge in [0.1, 0.15) is 5.82 Å². The van der Waals surface area contributed by atoms with E-state index in [0.717, 1.165) is 29.9 Å². The van der Waals surface area contributed by atoms with Crippen molar-refractivity contribution in [1.82, 2.24) is 4.72 Å². The summed E-state index contributed by atoms with van der Waals surface area (Å²) in [5.74, 6) is -0.643. The first-order valence-corrected chi connectivity index (χ1v) is 10.2. The fraction of sp³-hybridized carbons (Fsp3) is 0.375. The Balaban J connectivity index is 1.82. The minimum atomic E-state index is -3.77. The minimum absolute atomic E-state index is 0.0395. The van der Waals surface area contributed by atoms with Gasteiger partial charge < -0.3 is 4.74 Å². The number of thiophene rings is 1. The van der Waals surface area contributed by atoms with Crippen LogP contribution in [0.1, 0.15) is 17.7 Å². The van der Waals surface area contributed by atoms with Crippen LogP contribution in [0, 0.1) is 5.82 Å². The van der Waals surface area contributed by atoms with Gasteiger partial charge in [-0.05, 0) is 42.5 Å². The Kier molecular flexibility index (Phi) is 5.27. The van der Waals surface area contributed by atoms with Crippen molar-refractivity contribution in [3.05, 3.63) is 51.4 Å². The molecule has 24 heavy (non-hydrogen) atoms. The molecule has 1 aromatic heterocycles. The van der Waals surface area contributed by atoms with Crippen molar-refractivity contribution >= 4 is 33.0 Å². The third-order valence-electron chi connectivity index (χ3n) is 4.30. The van der Waals surface area contributed by atoms with Crippen LogP contribution < -0.4 is 4.72 Å². The Bertz CT molecular complexity index is 803. The second-order valence-electron chi connectivity index (χ2n) is 5.77. The zero-order valence-electron chi connectivity index (χ0n) is 12.8. The van der Waals surface area contributed by atoms with Crippen molar-refractivity contribution in [3.8, 4) is 0 Å². The van der Waals surface area contributed by atoms with E-state index in [4.69, 9.17) is 16.3 Å². The van der Waals surface area contributed by atoms with Gasteiger partial charge in [0, 0.05) is 30.1 Å².